The minimum Gasteiger partial charge on any atom is -0.394 e. The van der Waals surface area contributed by atoms with E-state index in [9.17, 15) is 37.3 Å². The molecule has 3 rings (SSSR count). The molecular weight excluding hydrogens is 464 g/mol. The van der Waals surface area contributed by atoms with Gasteiger partial charge in [-0.15, -0.1) is 0 Å². The van der Waals surface area contributed by atoms with E-state index in [0.29, 0.717) is 0 Å². The molecule has 3 fully saturated rings. The molecule has 0 aromatic heterocycles. The molecule has 0 amide bonds. The van der Waals surface area contributed by atoms with E-state index in [0.717, 1.165) is 0 Å². The van der Waals surface area contributed by atoms with Crippen molar-refractivity contribution in [3.05, 3.63) is 0 Å². The van der Waals surface area contributed by atoms with E-state index in [1.165, 1.54) is 0 Å². The summed E-state index contributed by atoms with van der Waals surface area (Å²) < 4.78 is 92.1. The first kappa shape index (κ1) is 24.1. The van der Waals surface area contributed by atoms with E-state index in [4.69, 9.17) is 28.1 Å². The Balaban J connectivity index is 1.93. The monoisotopic (exact) mass is 484 g/mol. The average molecular weight is 484 g/mol. The van der Waals surface area contributed by atoms with E-state index in [1.807, 2.05) is 0 Å². The molecule has 16 nitrogen and oxygen atoms in total. The van der Waals surface area contributed by atoms with E-state index < -0.39 is 88.8 Å². The summed E-state index contributed by atoms with van der Waals surface area (Å²) in [5.74, 6) is 0. The van der Waals surface area contributed by atoms with Crippen LogP contribution in [0.2, 0.25) is 0 Å². The standard InChI is InChI=1S/C12H20O16S2/c13-1-3-7(27-29(17,18)19)9(10(11(16)24-3)28-30(20,21)22)26-12-6(15)8-5(14)4(25-12)2-23-8/h3-16H,1-2H2,(H,17,18,19)(H,20,21,22)/t3-,4-,5+,6-,7+,8+,9+,10-,11-,12-/m1/s1. The van der Waals surface area contributed by atoms with Crippen molar-refractivity contribution in [2.75, 3.05) is 13.2 Å². The Labute approximate surface area is 169 Å². The molecule has 3 heterocycles. The maximum absolute atomic E-state index is 11.2. The van der Waals surface area contributed by atoms with Crippen LogP contribution >= 0.6 is 0 Å². The molecule has 3 aliphatic heterocycles. The van der Waals surface area contributed by atoms with Gasteiger partial charge in [-0.25, -0.2) is 8.37 Å². The lowest BCUT2D eigenvalue weighted by Gasteiger charge is -2.45. The molecule has 3 saturated heterocycles. The van der Waals surface area contributed by atoms with Crippen LogP contribution in [0.15, 0.2) is 0 Å². The number of hydrogen-bond acceptors (Lipinski definition) is 14. The highest BCUT2D eigenvalue weighted by Gasteiger charge is 2.56. The van der Waals surface area contributed by atoms with Crippen molar-refractivity contribution in [2.24, 2.45) is 0 Å². The zero-order chi connectivity index (χ0) is 22.4. The number of rotatable bonds is 7. The third-order valence-electron chi connectivity index (χ3n) is 4.64. The Bertz CT molecular complexity index is 814. The summed E-state index contributed by atoms with van der Waals surface area (Å²) in [4.78, 5) is 0. The number of ether oxygens (including phenoxy) is 4. The van der Waals surface area contributed by atoms with Crippen LogP contribution in [0.3, 0.4) is 0 Å². The highest BCUT2D eigenvalue weighted by molar-refractivity contribution is 7.81. The fourth-order valence-electron chi connectivity index (χ4n) is 3.41. The number of aliphatic hydroxyl groups is 4. The van der Waals surface area contributed by atoms with Crippen molar-refractivity contribution in [2.45, 2.75) is 61.4 Å². The molecule has 0 aliphatic carbocycles. The summed E-state index contributed by atoms with van der Waals surface area (Å²) in [6, 6.07) is 0. The molecule has 0 saturated carbocycles. The maximum atomic E-state index is 11.2. The van der Waals surface area contributed by atoms with E-state index >= 15 is 0 Å². The lowest BCUT2D eigenvalue weighted by atomic mass is 9.98. The molecule has 0 aromatic carbocycles. The highest BCUT2D eigenvalue weighted by atomic mass is 32.3. The van der Waals surface area contributed by atoms with Crippen LogP contribution in [0, 0.1) is 0 Å². The molecular formula is C12H20O16S2. The smallest absolute Gasteiger partial charge is 0.394 e. The molecule has 30 heavy (non-hydrogen) atoms. The number of hydrogen-bond donors (Lipinski definition) is 6. The van der Waals surface area contributed by atoms with Gasteiger partial charge in [0.25, 0.3) is 0 Å². The Kier molecular flexibility index (Phi) is 7.02. The predicted molar refractivity (Wildman–Crippen MR) is 86.1 cm³/mol. The van der Waals surface area contributed by atoms with Gasteiger partial charge in [0, 0.05) is 0 Å². The predicted octanol–water partition coefficient (Wildman–Crippen LogP) is -4.70. The van der Waals surface area contributed by atoms with Crippen LogP contribution in [-0.4, -0.2) is 121 Å². The Morgan fingerprint density at radius 3 is 2.03 bits per heavy atom. The molecule has 176 valence electrons. The summed E-state index contributed by atoms with van der Waals surface area (Å²) in [5, 5.41) is 39.6. The first-order chi connectivity index (χ1) is 13.8. The molecule has 10 atom stereocenters. The minimum atomic E-state index is -5.27. The van der Waals surface area contributed by atoms with Crippen LogP contribution in [0.1, 0.15) is 0 Å². The molecule has 18 heteroatoms. The molecule has 3 aliphatic rings. The van der Waals surface area contributed by atoms with Gasteiger partial charge in [-0.3, -0.25) is 9.11 Å². The summed E-state index contributed by atoms with van der Waals surface area (Å²) in [7, 11) is -10.5. The van der Waals surface area contributed by atoms with Crippen LogP contribution < -0.4 is 0 Å². The SMILES string of the molecule is O=S(=O)(O)O[C@@H]1[C@@H](O[C@H]2O[C@@H]3CO[C@@H]([C@H]3O)[C@H]2O)[C@@H](OS(=O)(=O)O)[C@@H](CO)O[C@H]1O. The third kappa shape index (κ3) is 5.24. The van der Waals surface area contributed by atoms with Gasteiger partial charge in [0.15, 0.2) is 18.7 Å². The molecule has 2 bridgehead atoms. The Morgan fingerprint density at radius 1 is 0.867 bits per heavy atom. The lowest BCUT2D eigenvalue weighted by Crippen LogP contribution is -2.64. The molecule has 0 spiro atoms. The van der Waals surface area contributed by atoms with Gasteiger partial charge in [0.1, 0.15) is 42.7 Å². The summed E-state index contributed by atoms with van der Waals surface area (Å²) in [6.07, 6.45) is -16.9. The number of fused-ring (bicyclic) bond motifs is 2. The van der Waals surface area contributed by atoms with Crippen LogP contribution in [0.5, 0.6) is 0 Å². The fourth-order valence-corrected chi connectivity index (χ4v) is 4.41. The molecule has 0 unspecified atom stereocenters. The zero-order valence-corrected chi connectivity index (χ0v) is 16.4. The Hall–Kier alpha value is -0.580. The van der Waals surface area contributed by atoms with Crippen molar-refractivity contribution in [1.82, 2.24) is 0 Å². The van der Waals surface area contributed by atoms with E-state index in [-0.39, 0.29) is 6.61 Å². The second-order valence-electron chi connectivity index (χ2n) is 6.65. The second-order valence-corrected chi connectivity index (χ2v) is 8.74. The van der Waals surface area contributed by atoms with Crippen molar-refractivity contribution in [1.29, 1.82) is 0 Å². The van der Waals surface area contributed by atoms with E-state index in [1.54, 1.807) is 0 Å². The molecule has 6 N–H and O–H groups in total. The van der Waals surface area contributed by atoms with Crippen molar-refractivity contribution < 1.29 is 73.7 Å². The Morgan fingerprint density at radius 2 is 1.47 bits per heavy atom. The van der Waals surface area contributed by atoms with Crippen molar-refractivity contribution in [3.63, 3.8) is 0 Å². The fraction of sp³-hybridized carbons (Fsp3) is 1.00. The second kappa shape index (κ2) is 8.75. The lowest BCUT2D eigenvalue weighted by molar-refractivity contribution is -0.335. The summed E-state index contributed by atoms with van der Waals surface area (Å²) >= 11 is 0. The summed E-state index contributed by atoms with van der Waals surface area (Å²) in [5.41, 5.74) is 0. The first-order valence-corrected chi connectivity index (χ1v) is 11.1. The largest absolute Gasteiger partial charge is 0.397 e. The molecule has 0 aromatic rings. The van der Waals surface area contributed by atoms with Gasteiger partial charge in [0.2, 0.25) is 0 Å². The molecule has 0 radical (unpaired) electrons. The number of aliphatic hydroxyl groups excluding tert-OH is 4. The van der Waals surface area contributed by atoms with Gasteiger partial charge in [-0.1, -0.05) is 0 Å². The first-order valence-electron chi connectivity index (χ1n) is 8.35. The maximum Gasteiger partial charge on any atom is 0.397 e. The summed E-state index contributed by atoms with van der Waals surface area (Å²) in [6.45, 7) is -1.13. The van der Waals surface area contributed by atoms with Gasteiger partial charge in [-0.2, -0.15) is 16.8 Å². The van der Waals surface area contributed by atoms with Crippen LogP contribution in [-0.2, 0) is 48.1 Å². The van der Waals surface area contributed by atoms with Crippen LogP contribution in [0.25, 0.3) is 0 Å². The highest BCUT2D eigenvalue weighted by Crippen LogP contribution is 2.35. The van der Waals surface area contributed by atoms with E-state index in [2.05, 4.69) is 8.37 Å². The van der Waals surface area contributed by atoms with Crippen LogP contribution in [0.4, 0.5) is 0 Å². The quantitative estimate of drug-likeness (QED) is 0.186. The normalized spacial score (nSPS) is 44.9. The van der Waals surface area contributed by atoms with Gasteiger partial charge >= 0.3 is 20.8 Å². The third-order valence-corrected chi connectivity index (χ3v) is 5.57. The minimum absolute atomic E-state index is 0.131. The van der Waals surface area contributed by atoms with Crippen molar-refractivity contribution in [3.8, 4) is 0 Å². The van der Waals surface area contributed by atoms with Gasteiger partial charge in [-0.05, 0) is 0 Å². The van der Waals surface area contributed by atoms with Crippen molar-refractivity contribution >= 4 is 20.8 Å². The average Bonchev–Trinajstić information content (AvgIpc) is 2.87. The zero-order valence-electron chi connectivity index (χ0n) is 14.8. The van der Waals surface area contributed by atoms with Gasteiger partial charge in [0.05, 0.1) is 13.2 Å². The van der Waals surface area contributed by atoms with Gasteiger partial charge < -0.3 is 39.4 Å². The topological polar surface area (TPSA) is 245 Å².